The zero-order valence-electron chi connectivity index (χ0n) is 7.93. The summed E-state index contributed by atoms with van der Waals surface area (Å²) in [6, 6.07) is 0. The van der Waals surface area contributed by atoms with Crippen molar-refractivity contribution in [2.75, 3.05) is 6.54 Å². The maximum Gasteiger partial charge on any atom is 0.266 e. The Kier molecular flexibility index (Phi) is 3.33. The summed E-state index contributed by atoms with van der Waals surface area (Å²) in [7, 11) is 0. The van der Waals surface area contributed by atoms with Crippen molar-refractivity contribution in [2.45, 2.75) is 12.8 Å². The van der Waals surface area contributed by atoms with Crippen molar-refractivity contribution in [1.82, 2.24) is 4.90 Å². The molecular formula is C9H10N2O4. The maximum absolute atomic E-state index is 11.4. The molecule has 0 unspecified atom stereocenters. The lowest BCUT2D eigenvalue weighted by molar-refractivity contribution is -0.137. The Balaban J connectivity index is 2.65. The Morgan fingerprint density at radius 3 is 2.60 bits per heavy atom. The van der Waals surface area contributed by atoms with Gasteiger partial charge in [-0.05, 0) is 6.42 Å². The Morgan fingerprint density at radius 2 is 2.13 bits per heavy atom. The van der Waals surface area contributed by atoms with Crippen molar-refractivity contribution in [3.8, 4) is 0 Å². The van der Waals surface area contributed by atoms with Gasteiger partial charge in [0, 0.05) is 19.0 Å². The fraction of sp³-hybridized carbons (Fsp3) is 0.333. The van der Waals surface area contributed by atoms with E-state index in [0.717, 1.165) is 11.0 Å². The third kappa shape index (κ3) is 2.28. The number of imide groups is 1. The summed E-state index contributed by atoms with van der Waals surface area (Å²) >= 11 is 0. The van der Waals surface area contributed by atoms with Crippen molar-refractivity contribution in [1.29, 1.82) is 0 Å². The number of rotatable bonds is 5. The van der Waals surface area contributed by atoms with Gasteiger partial charge in [-0.3, -0.25) is 19.3 Å². The topological polar surface area (TPSA) is 97.5 Å². The van der Waals surface area contributed by atoms with Crippen LogP contribution < -0.4 is 5.73 Å². The van der Waals surface area contributed by atoms with Gasteiger partial charge in [0.2, 0.25) is 0 Å². The molecule has 1 aliphatic heterocycles. The number of nitrogens with zero attached hydrogens (tertiary/aromatic N) is 1. The molecule has 80 valence electrons. The molecule has 0 spiro atoms. The number of primary amides is 1. The number of aldehydes is 1. The first-order valence-electron chi connectivity index (χ1n) is 4.39. The fourth-order valence-corrected chi connectivity index (χ4v) is 1.23. The predicted molar refractivity (Wildman–Crippen MR) is 49.3 cm³/mol. The van der Waals surface area contributed by atoms with Gasteiger partial charge < -0.3 is 10.5 Å². The molecular weight excluding hydrogens is 200 g/mol. The quantitative estimate of drug-likeness (QED) is 0.265. The molecule has 1 rings (SSSR count). The van der Waals surface area contributed by atoms with Crippen LogP contribution in [0.5, 0.6) is 0 Å². The maximum atomic E-state index is 11.4. The van der Waals surface area contributed by atoms with Crippen LogP contribution in [0.25, 0.3) is 0 Å². The van der Waals surface area contributed by atoms with Gasteiger partial charge in [0.15, 0.2) is 0 Å². The van der Waals surface area contributed by atoms with E-state index < -0.39 is 17.7 Å². The first-order valence-corrected chi connectivity index (χ1v) is 4.39. The number of carbonyl (C=O) groups excluding carboxylic acids is 4. The van der Waals surface area contributed by atoms with Crippen LogP contribution in [0.3, 0.4) is 0 Å². The van der Waals surface area contributed by atoms with E-state index in [-0.39, 0.29) is 18.5 Å². The molecule has 0 radical (unpaired) electrons. The first kappa shape index (κ1) is 11.1. The molecule has 0 bridgehead atoms. The van der Waals surface area contributed by atoms with Crippen LogP contribution in [0.2, 0.25) is 0 Å². The largest absolute Gasteiger partial charge is 0.365 e. The van der Waals surface area contributed by atoms with E-state index in [1.54, 1.807) is 0 Å². The molecule has 2 N–H and O–H groups in total. The summed E-state index contributed by atoms with van der Waals surface area (Å²) in [5, 5.41) is 0. The monoisotopic (exact) mass is 210 g/mol. The summed E-state index contributed by atoms with van der Waals surface area (Å²) in [6.07, 6.45) is 2.28. The molecule has 0 aromatic rings. The van der Waals surface area contributed by atoms with Crippen molar-refractivity contribution in [2.24, 2.45) is 5.73 Å². The van der Waals surface area contributed by atoms with Crippen LogP contribution in [0, 0.1) is 0 Å². The van der Waals surface area contributed by atoms with Gasteiger partial charge >= 0.3 is 0 Å². The number of carbonyl (C=O) groups is 4. The summed E-state index contributed by atoms with van der Waals surface area (Å²) in [4.78, 5) is 44.3. The van der Waals surface area contributed by atoms with Crippen molar-refractivity contribution in [3.63, 3.8) is 0 Å². The van der Waals surface area contributed by atoms with Gasteiger partial charge in [-0.15, -0.1) is 0 Å². The standard InChI is InChI=1S/C9H10N2O4/c10-8(14)6-5-7(13)11(9(6)15)3-1-2-4-12/h4-5H,1-3H2,(H2,10,14). The van der Waals surface area contributed by atoms with Crippen LogP contribution in [-0.2, 0) is 19.2 Å². The van der Waals surface area contributed by atoms with Gasteiger partial charge in [-0.1, -0.05) is 0 Å². The molecule has 1 aliphatic rings. The van der Waals surface area contributed by atoms with E-state index in [9.17, 15) is 19.2 Å². The van der Waals surface area contributed by atoms with E-state index >= 15 is 0 Å². The normalized spacial score (nSPS) is 15.5. The smallest absolute Gasteiger partial charge is 0.266 e. The molecule has 1 heterocycles. The third-order valence-corrected chi connectivity index (χ3v) is 1.98. The molecule has 6 heteroatoms. The van der Waals surface area contributed by atoms with Crippen LogP contribution >= 0.6 is 0 Å². The second kappa shape index (κ2) is 4.50. The SMILES string of the molecule is NC(=O)C1=CC(=O)N(CCCC=O)C1=O. The molecule has 0 fully saturated rings. The molecule has 0 aliphatic carbocycles. The minimum Gasteiger partial charge on any atom is -0.365 e. The number of nitrogens with two attached hydrogens (primary N) is 1. The lowest BCUT2D eigenvalue weighted by Crippen LogP contribution is -2.34. The van der Waals surface area contributed by atoms with Crippen LogP contribution in [-0.4, -0.2) is 35.5 Å². The molecule has 15 heavy (non-hydrogen) atoms. The fourth-order valence-electron chi connectivity index (χ4n) is 1.23. The average Bonchev–Trinajstić information content (AvgIpc) is 2.45. The van der Waals surface area contributed by atoms with E-state index in [0.29, 0.717) is 12.7 Å². The number of hydrogen-bond donors (Lipinski definition) is 1. The highest BCUT2D eigenvalue weighted by molar-refractivity contribution is 6.29. The number of hydrogen-bond acceptors (Lipinski definition) is 4. The second-order valence-corrected chi connectivity index (χ2v) is 3.03. The highest BCUT2D eigenvalue weighted by Gasteiger charge is 2.33. The van der Waals surface area contributed by atoms with E-state index in [1.165, 1.54) is 0 Å². The van der Waals surface area contributed by atoms with Crippen molar-refractivity contribution >= 4 is 24.0 Å². The van der Waals surface area contributed by atoms with Crippen molar-refractivity contribution in [3.05, 3.63) is 11.6 Å². The predicted octanol–water partition coefficient (Wildman–Crippen LogP) is -1.25. The van der Waals surface area contributed by atoms with Crippen molar-refractivity contribution < 1.29 is 19.2 Å². The van der Waals surface area contributed by atoms with Crippen LogP contribution in [0.15, 0.2) is 11.6 Å². The molecule has 0 atom stereocenters. The average molecular weight is 210 g/mol. The van der Waals surface area contributed by atoms with Gasteiger partial charge in [0.25, 0.3) is 17.7 Å². The molecule has 3 amide bonds. The van der Waals surface area contributed by atoms with E-state index in [1.807, 2.05) is 0 Å². The lowest BCUT2D eigenvalue weighted by atomic mass is 10.2. The Hall–Kier alpha value is -1.98. The highest BCUT2D eigenvalue weighted by atomic mass is 16.2. The number of amides is 3. The molecule has 6 nitrogen and oxygen atoms in total. The second-order valence-electron chi connectivity index (χ2n) is 3.03. The summed E-state index contributed by atoms with van der Waals surface area (Å²) in [5.74, 6) is -2.15. The Morgan fingerprint density at radius 1 is 1.47 bits per heavy atom. The minimum absolute atomic E-state index is 0.129. The van der Waals surface area contributed by atoms with E-state index in [2.05, 4.69) is 0 Å². The van der Waals surface area contributed by atoms with Gasteiger partial charge in [-0.25, -0.2) is 0 Å². The Bertz CT molecular complexity index is 359. The number of unbranched alkanes of at least 4 members (excludes halogenated alkanes) is 1. The van der Waals surface area contributed by atoms with Crippen LogP contribution in [0.4, 0.5) is 0 Å². The molecule has 0 aromatic carbocycles. The zero-order valence-corrected chi connectivity index (χ0v) is 7.93. The Labute approximate surface area is 85.7 Å². The third-order valence-electron chi connectivity index (χ3n) is 1.98. The molecule has 0 saturated carbocycles. The van der Waals surface area contributed by atoms with E-state index in [4.69, 9.17) is 5.73 Å². The first-order chi connectivity index (χ1) is 7.07. The molecule has 0 saturated heterocycles. The summed E-state index contributed by atoms with van der Waals surface area (Å²) in [5.41, 5.74) is 4.60. The van der Waals surface area contributed by atoms with Gasteiger partial charge in [0.1, 0.15) is 11.9 Å². The van der Waals surface area contributed by atoms with Gasteiger partial charge in [-0.2, -0.15) is 0 Å². The lowest BCUT2D eigenvalue weighted by Gasteiger charge is -2.12. The minimum atomic E-state index is -0.911. The zero-order chi connectivity index (χ0) is 11.4. The van der Waals surface area contributed by atoms with Gasteiger partial charge in [0.05, 0.1) is 0 Å². The highest BCUT2D eigenvalue weighted by Crippen LogP contribution is 2.12. The van der Waals surface area contributed by atoms with Crippen LogP contribution in [0.1, 0.15) is 12.8 Å². The summed E-state index contributed by atoms with van der Waals surface area (Å²) in [6.45, 7) is 0.129. The summed E-state index contributed by atoms with van der Waals surface area (Å²) < 4.78 is 0. The molecule has 0 aromatic heterocycles.